The molecule has 0 aromatic rings. The fourth-order valence-corrected chi connectivity index (χ4v) is 7.20. The highest BCUT2D eigenvalue weighted by Crippen LogP contribution is 2.41. The maximum Gasteiger partial charge on any atom is 0.103 e. The summed E-state index contributed by atoms with van der Waals surface area (Å²) in [6.45, 7) is 4.63. The van der Waals surface area contributed by atoms with E-state index in [2.05, 4.69) is 13.8 Å². The largest absolute Gasteiger partial charge is 0.247 e. The molecule has 0 nitrogen and oxygen atoms in total. The topological polar surface area (TPSA) is 0 Å². The second-order valence-corrected chi connectivity index (χ2v) is 11.5. The van der Waals surface area contributed by atoms with E-state index >= 15 is 0 Å². The first-order valence-corrected chi connectivity index (χ1v) is 13.8. The Bertz CT molecular complexity index is 408. The van der Waals surface area contributed by atoms with Crippen LogP contribution in [-0.2, 0) is 0 Å². The molecule has 1 heteroatoms. The third-order valence-electron chi connectivity index (χ3n) is 9.27. The standard InChI is InChI=1S/C28H51F/c1-3-5-22-7-9-24(10-8-22)11-12-25-13-15-26(16-14-25)21-28(29)27-19-17-23(6-4-2)18-20-27/h22-28H,3-21H2,1-2H3. The summed E-state index contributed by atoms with van der Waals surface area (Å²) in [6.07, 6.45) is 25.2. The van der Waals surface area contributed by atoms with Gasteiger partial charge >= 0.3 is 0 Å². The van der Waals surface area contributed by atoms with Crippen molar-refractivity contribution in [2.45, 2.75) is 142 Å². The van der Waals surface area contributed by atoms with Crippen molar-refractivity contribution in [1.29, 1.82) is 0 Å². The lowest BCUT2D eigenvalue weighted by Crippen LogP contribution is -2.26. The van der Waals surface area contributed by atoms with Gasteiger partial charge in [0.25, 0.3) is 0 Å². The maximum absolute atomic E-state index is 15.0. The summed E-state index contributed by atoms with van der Waals surface area (Å²) in [4.78, 5) is 0. The van der Waals surface area contributed by atoms with Crippen molar-refractivity contribution in [2.24, 2.45) is 35.5 Å². The Labute approximate surface area is 182 Å². The van der Waals surface area contributed by atoms with Crippen LogP contribution in [0.15, 0.2) is 0 Å². The number of halogens is 1. The van der Waals surface area contributed by atoms with Crippen molar-refractivity contribution in [1.82, 2.24) is 0 Å². The summed E-state index contributed by atoms with van der Waals surface area (Å²) < 4.78 is 15.0. The van der Waals surface area contributed by atoms with E-state index in [1.54, 1.807) is 0 Å². The van der Waals surface area contributed by atoms with E-state index < -0.39 is 6.17 Å². The molecule has 29 heavy (non-hydrogen) atoms. The molecule has 0 N–H and O–H groups in total. The Hall–Kier alpha value is -0.0700. The minimum absolute atomic E-state index is 0.392. The molecular weight excluding hydrogens is 355 g/mol. The van der Waals surface area contributed by atoms with Crippen molar-refractivity contribution >= 4 is 0 Å². The zero-order valence-electron chi connectivity index (χ0n) is 19.9. The van der Waals surface area contributed by atoms with Crippen LogP contribution in [0, 0.1) is 35.5 Å². The molecule has 1 atom stereocenters. The minimum atomic E-state index is -0.502. The average Bonchev–Trinajstić information content (AvgIpc) is 2.75. The lowest BCUT2D eigenvalue weighted by molar-refractivity contribution is 0.112. The molecule has 3 rings (SSSR count). The van der Waals surface area contributed by atoms with E-state index in [0.29, 0.717) is 11.8 Å². The molecular formula is C28H51F. The van der Waals surface area contributed by atoms with Crippen molar-refractivity contribution < 1.29 is 4.39 Å². The summed E-state index contributed by atoms with van der Waals surface area (Å²) in [6, 6.07) is 0. The Kier molecular flexibility index (Phi) is 10.3. The molecule has 3 aliphatic carbocycles. The summed E-state index contributed by atoms with van der Waals surface area (Å²) in [5.74, 6) is 5.02. The quantitative estimate of drug-likeness (QED) is 0.339. The van der Waals surface area contributed by atoms with Crippen LogP contribution in [-0.4, -0.2) is 6.17 Å². The first kappa shape index (κ1) is 23.6. The van der Waals surface area contributed by atoms with Crippen LogP contribution in [0.5, 0.6) is 0 Å². The molecule has 0 heterocycles. The molecule has 0 saturated heterocycles. The van der Waals surface area contributed by atoms with Gasteiger partial charge in [-0.25, -0.2) is 4.39 Å². The number of hydrogen-bond donors (Lipinski definition) is 0. The summed E-state index contributed by atoms with van der Waals surface area (Å²) in [5.41, 5.74) is 0. The summed E-state index contributed by atoms with van der Waals surface area (Å²) >= 11 is 0. The van der Waals surface area contributed by atoms with Crippen LogP contribution in [0.25, 0.3) is 0 Å². The molecule has 3 saturated carbocycles. The second kappa shape index (κ2) is 12.7. The molecule has 0 bridgehead atoms. The van der Waals surface area contributed by atoms with Crippen LogP contribution in [0.2, 0.25) is 0 Å². The molecule has 0 radical (unpaired) electrons. The molecule has 0 aromatic carbocycles. The fraction of sp³-hybridized carbons (Fsp3) is 1.00. The van der Waals surface area contributed by atoms with Crippen LogP contribution in [0.4, 0.5) is 4.39 Å². The SMILES string of the molecule is CCCC1CCC(CCC2CCC(CC(F)C3CCC(CCC)CC3)CC2)CC1. The molecule has 1 unspecified atom stereocenters. The van der Waals surface area contributed by atoms with E-state index in [0.717, 1.165) is 30.1 Å². The first-order valence-electron chi connectivity index (χ1n) is 13.8. The van der Waals surface area contributed by atoms with E-state index in [9.17, 15) is 4.39 Å². The molecule has 3 aliphatic rings. The van der Waals surface area contributed by atoms with Gasteiger partial charge in [0.05, 0.1) is 0 Å². The van der Waals surface area contributed by atoms with E-state index in [-0.39, 0.29) is 0 Å². The van der Waals surface area contributed by atoms with Crippen molar-refractivity contribution in [3.05, 3.63) is 0 Å². The zero-order valence-corrected chi connectivity index (χ0v) is 19.9. The first-order chi connectivity index (χ1) is 14.2. The molecule has 0 spiro atoms. The minimum Gasteiger partial charge on any atom is -0.247 e. The second-order valence-electron chi connectivity index (χ2n) is 11.5. The normalized spacial score (nSPS) is 37.3. The van der Waals surface area contributed by atoms with Crippen LogP contribution in [0.3, 0.4) is 0 Å². The Morgan fingerprint density at radius 2 is 0.862 bits per heavy atom. The predicted octanol–water partition coefficient (Wildman–Crippen LogP) is 9.51. The molecule has 0 aliphatic heterocycles. The van der Waals surface area contributed by atoms with Crippen LogP contribution < -0.4 is 0 Å². The van der Waals surface area contributed by atoms with Gasteiger partial charge < -0.3 is 0 Å². The third kappa shape index (κ3) is 7.84. The Balaban J connectivity index is 1.26. The molecule has 0 aromatic heterocycles. The summed E-state index contributed by atoms with van der Waals surface area (Å²) in [5, 5.41) is 0. The van der Waals surface area contributed by atoms with Gasteiger partial charge in [0.15, 0.2) is 0 Å². The smallest absolute Gasteiger partial charge is 0.103 e. The molecule has 3 fully saturated rings. The zero-order chi connectivity index (χ0) is 20.5. The van der Waals surface area contributed by atoms with Crippen molar-refractivity contribution in [3.63, 3.8) is 0 Å². The lowest BCUT2D eigenvalue weighted by atomic mass is 9.72. The average molecular weight is 407 g/mol. The van der Waals surface area contributed by atoms with Crippen LogP contribution >= 0.6 is 0 Å². The van der Waals surface area contributed by atoms with Crippen molar-refractivity contribution in [2.75, 3.05) is 0 Å². The maximum atomic E-state index is 15.0. The number of hydrogen-bond acceptors (Lipinski definition) is 0. The highest BCUT2D eigenvalue weighted by atomic mass is 19.1. The molecule has 0 amide bonds. The van der Waals surface area contributed by atoms with E-state index in [1.807, 2.05) is 0 Å². The monoisotopic (exact) mass is 406 g/mol. The lowest BCUT2D eigenvalue weighted by Gasteiger charge is -2.34. The van der Waals surface area contributed by atoms with E-state index in [4.69, 9.17) is 0 Å². The highest BCUT2D eigenvalue weighted by Gasteiger charge is 2.31. The van der Waals surface area contributed by atoms with Gasteiger partial charge in [0.1, 0.15) is 6.17 Å². The Morgan fingerprint density at radius 3 is 1.28 bits per heavy atom. The summed E-state index contributed by atoms with van der Waals surface area (Å²) in [7, 11) is 0. The van der Waals surface area contributed by atoms with Gasteiger partial charge in [-0.1, -0.05) is 117 Å². The number of rotatable bonds is 10. The molecule has 170 valence electrons. The van der Waals surface area contributed by atoms with Gasteiger partial charge in [-0.05, 0) is 54.8 Å². The van der Waals surface area contributed by atoms with Gasteiger partial charge in [0, 0.05) is 0 Å². The van der Waals surface area contributed by atoms with Crippen LogP contribution in [0.1, 0.15) is 136 Å². The highest BCUT2D eigenvalue weighted by molar-refractivity contribution is 4.82. The van der Waals surface area contributed by atoms with Gasteiger partial charge in [0.2, 0.25) is 0 Å². The fourth-order valence-electron chi connectivity index (χ4n) is 7.20. The predicted molar refractivity (Wildman–Crippen MR) is 125 cm³/mol. The number of alkyl halides is 1. The van der Waals surface area contributed by atoms with Gasteiger partial charge in [-0.15, -0.1) is 0 Å². The van der Waals surface area contributed by atoms with E-state index in [1.165, 1.54) is 116 Å². The van der Waals surface area contributed by atoms with Crippen molar-refractivity contribution in [3.8, 4) is 0 Å². The Morgan fingerprint density at radius 1 is 0.517 bits per heavy atom. The van der Waals surface area contributed by atoms with Gasteiger partial charge in [-0.2, -0.15) is 0 Å². The third-order valence-corrected chi connectivity index (χ3v) is 9.27. The van der Waals surface area contributed by atoms with Gasteiger partial charge in [-0.3, -0.25) is 0 Å².